The van der Waals surface area contributed by atoms with Gasteiger partial charge in [-0.3, -0.25) is 4.18 Å². The quantitative estimate of drug-likeness (QED) is 0.591. The summed E-state index contributed by atoms with van der Waals surface area (Å²) in [4.78, 5) is 0.173. The van der Waals surface area contributed by atoms with Gasteiger partial charge >= 0.3 is 0 Å². The van der Waals surface area contributed by atoms with Crippen molar-refractivity contribution >= 4 is 10.1 Å². The van der Waals surface area contributed by atoms with Gasteiger partial charge in [0.2, 0.25) is 0 Å². The number of para-hydroxylation sites is 1. The largest absolute Gasteiger partial charge is 0.458 e. The predicted molar refractivity (Wildman–Crippen MR) is 89.5 cm³/mol. The summed E-state index contributed by atoms with van der Waals surface area (Å²) >= 11 is 0. The minimum absolute atomic E-state index is 0.108. The van der Waals surface area contributed by atoms with Gasteiger partial charge in [0.15, 0.2) is 11.5 Å². The Morgan fingerprint density at radius 1 is 1.00 bits per heavy atom. The first-order valence-electron chi connectivity index (χ1n) is 7.62. The fourth-order valence-electron chi connectivity index (χ4n) is 2.39. The maximum absolute atomic E-state index is 12.1. The fraction of sp³-hybridized carbons (Fsp3) is 0.222. The normalized spacial score (nSPS) is 13.0. The number of hydrogen-bond acceptors (Lipinski definition) is 5. The molecule has 24 heavy (non-hydrogen) atoms. The number of benzene rings is 2. The molecule has 0 bridgehead atoms. The lowest BCUT2D eigenvalue weighted by Crippen LogP contribution is -2.08. The van der Waals surface area contributed by atoms with E-state index in [1.54, 1.807) is 24.3 Å². The van der Waals surface area contributed by atoms with Gasteiger partial charge in [-0.15, -0.1) is 0 Å². The van der Waals surface area contributed by atoms with E-state index in [9.17, 15) is 8.42 Å². The fourth-order valence-corrected chi connectivity index (χ4v) is 3.33. The molecule has 0 saturated carbocycles. The molecule has 0 saturated heterocycles. The molecule has 2 aromatic carbocycles. The third-order valence-electron chi connectivity index (χ3n) is 3.64. The first kappa shape index (κ1) is 16.5. The van der Waals surface area contributed by atoms with Crippen LogP contribution >= 0.6 is 0 Å². The van der Waals surface area contributed by atoms with Gasteiger partial charge < -0.3 is 9.47 Å². The molecule has 6 heteroatoms. The van der Waals surface area contributed by atoms with Crippen molar-refractivity contribution in [2.75, 3.05) is 6.61 Å². The molecule has 1 heterocycles. The van der Waals surface area contributed by atoms with E-state index >= 15 is 0 Å². The second-order valence-electron chi connectivity index (χ2n) is 5.44. The summed E-state index contributed by atoms with van der Waals surface area (Å²) in [5, 5.41) is 0. The van der Waals surface area contributed by atoms with Crippen molar-refractivity contribution in [2.45, 2.75) is 24.7 Å². The van der Waals surface area contributed by atoms with Crippen LogP contribution in [0.1, 0.15) is 17.5 Å². The van der Waals surface area contributed by atoms with E-state index in [0.29, 0.717) is 24.3 Å². The second-order valence-corrected chi connectivity index (χ2v) is 7.06. The Morgan fingerprint density at radius 3 is 2.54 bits per heavy atom. The highest BCUT2D eigenvalue weighted by atomic mass is 32.2. The van der Waals surface area contributed by atoms with Crippen LogP contribution in [0.15, 0.2) is 59.9 Å². The van der Waals surface area contributed by atoms with Crippen LogP contribution < -0.4 is 9.47 Å². The summed E-state index contributed by atoms with van der Waals surface area (Å²) in [5.74, 6) is 1.32. The average Bonchev–Trinajstić information content (AvgIpc) is 2.59. The minimum atomic E-state index is -3.72. The predicted octanol–water partition coefficient (Wildman–Crippen LogP) is 3.58. The van der Waals surface area contributed by atoms with Crippen LogP contribution in [0, 0.1) is 6.92 Å². The Hall–Kier alpha value is -2.31. The molecule has 126 valence electrons. The van der Waals surface area contributed by atoms with Gasteiger partial charge in [0.05, 0.1) is 11.5 Å². The van der Waals surface area contributed by atoms with Crippen LogP contribution in [-0.4, -0.2) is 15.0 Å². The molecule has 2 aromatic rings. The molecule has 0 fully saturated rings. The van der Waals surface area contributed by atoms with Crippen molar-refractivity contribution in [3.63, 3.8) is 0 Å². The van der Waals surface area contributed by atoms with Crippen LogP contribution in [0.3, 0.4) is 0 Å². The summed E-state index contributed by atoms with van der Waals surface area (Å²) in [6.07, 6.45) is 4.13. The van der Waals surface area contributed by atoms with Gasteiger partial charge in [-0.05, 0) is 43.5 Å². The molecule has 0 unspecified atom stereocenters. The summed E-state index contributed by atoms with van der Waals surface area (Å²) in [5.41, 5.74) is 1.95. The van der Waals surface area contributed by atoms with Crippen molar-refractivity contribution in [2.24, 2.45) is 0 Å². The molecule has 0 amide bonds. The van der Waals surface area contributed by atoms with Crippen molar-refractivity contribution in [1.29, 1.82) is 0 Å². The third-order valence-corrected chi connectivity index (χ3v) is 4.96. The van der Waals surface area contributed by atoms with Crippen LogP contribution in [0.5, 0.6) is 11.5 Å². The van der Waals surface area contributed by atoms with E-state index in [-0.39, 0.29) is 11.5 Å². The molecule has 0 aliphatic carbocycles. The van der Waals surface area contributed by atoms with Crippen LogP contribution in [0.4, 0.5) is 0 Å². The molecule has 0 atom stereocenters. The number of hydrogen-bond donors (Lipinski definition) is 0. The van der Waals surface area contributed by atoms with Crippen LogP contribution in [0.2, 0.25) is 0 Å². The number of rotatable bonds is 6. The van der Waals surface area contributed by atoms with Crippen LogP contribution in [-0.2, 0) is 20.7 Å². The molecular formula is C18H18O5S. The smallest absolute Gasteiger partial charge is 0.296 e. The zero-order chi connectivity index (χ0) is 17.0. The first-order valence-corrected chi connectivity index (χ1v) is 9.03. The Balaban J connectivity index is 1.57. The standard InChI is InChI=1S/C18H18O5S/c1-14-7-9-16(10-8-14)24(19,20)23-11-3-5-15-4-2-6-17-18(15)22-13-12-21-17/h2,4,6-10,12-13H,3,5,11H2,1H3. The lowest BCUT2D eigenvalue weighted by Gasteiger charge is -2.15. The maximum atomic E-state index is 12.1. The maximum Gasteiger partial charge on any atom is 0.296 e. The van der Waals surface area contributed by atoms with Gasteiger partial charge in [-0.1, -0.05) is 29.8 Å². The highest BCUT2D eigenvalue weighted by Crippen LogP contribution is 2.34. The molecule has 1 aliphatic heterocycles. The Bertz CT molecular complexity index is 838. The van der Waals surface area contributed by atoms with E-state index in [1.807, 2.05) is 25.1 Å². The Labute approximate surface area is 141 Å². The number of fused-ring (bicyclic) bond motifs is 1. The highest BCUT2D eigenvalue weighted by molar-refractivity contribution is 7.86. The molecule has 3 rings (SSSR count). The molecule has 5 nitrogen and oxygen atoms in total. The molecule has 0 aromatic heterocycles. The lowest BCUT2D eigenvalue weighted by molar-refractivity contribution is 0.310. The monoisotopic (exact) mass is 346 g/mol. The number of ether oxygens (including phenoxy) is 2. The van der Waals surface area contributed by atoms with Crippen LogP contribution in [0.25, 0.3) is 0 Å². The first-order chi connectivity index (χ1) is 11.6. The van der Waals surface area contributed by atoms with Crippen molar-refractivity contribution in [1.82, 2.24) is 0 Å². The summed E-state index contributed by atoms with van der Waals surface area (Å²) < 4.78 is 40.2. The van der Waals surface area contributed by atoms with E-state index in [2.05, 4.69) is 0 Å². The van der Waals surface area contributed by atoms with Gasteiger partial charge in [0, 0.05) is 0 Å². The zero-order valence-corrected chi connectivity index (χ0v) is 14.1. The van der Waals surface area contributed by atoms with Crippen molar-refractivity contribution < 1.29 is 22.1 Å². The molecule has 1 aliphatic rings. The topological polar surface area (TPSA) is 61.8 Å². The average molecular weight is 346 g/mol. The summed E-state index contributed by atoms with van der Waals surface area (Å²) in [6, 6.07) is 12.2. The van der Waals surface area contributed by atoms with E-state index in [1.165, 1.54) is 12.5 Å². The Kier molecular flexibility index (Phi) is 4.87. The molecule has 0 radical (unpaired) electrons. The molecular weight excluding hydrogens is 328 g/mol. The minimum Gasteiger partial charge on any atom is -0.458 e. The molecule has 0 spiro atoms. The Morgan fingerprint density at radius 2 is 1.75 bits per heavy atom. The summed E-state index contributed by atoms with van der Waals surface area (Å²) in [6.45, 7) is 2.01. The number of aryl methyl sites for hydroxylation is 2. The highest BCUT2D eigenvalue weighted by Gasteiger charge is 2.16. The van der Waals surface area contributed by atoms with E-state index < -0.39 is 10.1 Å². The van der Waals surface area contributed by atoms with Gasteiger partial charge in [0.25, 0.3) is 10.1 Å². The lowest BCUT2D eigenvalue weighted by atomic mass is 10.1. The van der Waals surface area contributed by atoms with Crippen molar-refractivity contribution in [3.8, 4) is 11.5 Å². The van der Waals surface area contributed by atoms with Gasteiger partial charge in [0.1, 0.15) is 12.5 Å². The zero-order valence-electron chi connectivity index (χ0n) is 13.3. The third kappa shape index (κ3) is 3.77. The van der Waals surface area contributed by atoms with Gasteiger partial charge in [-0.25, -0.2) is 0 Å². The SMILES string of the molecule is Cc1ccc(S(=O)(=O)OCCCc2cccc3c2OC=CO3)cc1. The van der Waals surface area contributed by atoms with E-state index in [0.717, 1.165) is 11.1 Å². The second kappa shape index (κ2) is 7.07. The van der Waals surface area contributed by atoms with E-state index in [4.69, 9.17) is 13.7 Å². The van der Waals surface area contributed by atoms with Gasteiger partial charge in [-0.2, -0.15) is 8.42 Å². The van der Waals surface area contributed by atoms with Crippen molar-refractivity contribution in [3.05, 3.63) is 66.1 Å². The molecule has 0 N–H and O–H groups in total. The summed E-state index contributed by atoms with van der Waals surface area (Å²) in [7, 11) is -3.72.